The average molecular weight is 551 g/mol. The zero-order valence-electron chi connectivity index (χ0n) is 21.8. The molecule has 2 amide bonds. The van der Waals surface area contributed by atoms with Crippen molar-refractivity contribution in [3.8, 4) is 5.75 Å². The van der Waals surface area contributed by atoms with Crippen LogP contribution in [0.25, 0.3) is 0 Å². The normalized spacial score (nSPS) is 30.2. The lowest BCUT2D eigenvalue weighted by Crippen LogP contribution is -2.55. The van der Waals surface area contributed by atoms with Gasteiger partial charge in [0.1, 0.15) is 18.0 Å². The molecule has 2 fully saturated rings. The van der Waals surface area contributed by atoms with Gasteiger partial charge in [-0.1, -0.05) is 48.4 Å². The maximum atomic E-state index is 14.0. The van der Waals surface area contributed by atoms with E-state index < -0.39 is 24.2 Å². The Kier molecular flexibility index (Phi) is 7.40. The van der Waals surface area contributed by atoms with Crippen LogP contribution in [0.3, 0.4) is 0 Å². The van der Waals surface area contributed by atoms with E-state index in [2.05, 4.69) is 5.32 Å². The molecule has 39 heavy (non-hydrogen) atoms. The van der Waals surface area contributed by atoms with Crippen molar-refractivity contribution in [1.82, 2.24) is 10.2 Å². The molecule has 8 heteroatoms. The Bertz CT molecular complexity index is 1260. The Balaban J connectivity index is 1.35. The number of hydrogen-bond donors (Lipinski definition) is 3. The summed E-state index contributed by atoms with van der Waals surface area (Å²) in [6.45, 7) is 0.211. The van der Waals surface area contributed by atoms with Crippen LogP contribution in [-0.2, 0) is 16.1 Å². The number of carbonyl (C=O) groups excluding carboxylic acids is 2. The van der Waals surface area contributed by atoms with Crippen molar-refractivity contribution >= 4 is 23.4 Å². The van der Waals surface area contributed by atoms with Crippen molar-refractivity contribution in [3.63, 3.8) is 0 Å². The number of benzene rings is 2. The molecule has 0 aromatic heterocycles. The smallest absolute Gasteiger partial charge is 0.247 e. The minimum absolute atomic E-state index is 0.0214. The van der Waals surface area contributed by atoms with Gasteiger partial charge >= 0.3 is 0 Å². The van der Waals surface area contributed by atoms with E-state index in [1.54, 1.807) is 23.1 Å². The van der Waals surface area contributed by atoms with Crippen LogP contribution in [-0.4, -0.2) is 58.3 Å². The van der Waals surface area contributed by atoms with Crippen LogP contribution < -0.4 is 10.1 Å². The molecule has 0 spiro atoms. The van der Waals surface area contributed by atoms with Crippen LogP contribution in [0.15, 0.2) is 60.2 Å². The number of nitrogens with zero attached hydrogens (tertiary/aromatic N) is 1. The molecule has 206 valence electrons. The summed E-state index contributed by atoms with van der Waals surface area (Å²) in [6, 6.07) is 14.1. The molecule has 6 rings (SSSR count). The first kappa shape index (κ1) is 26.4. The summed E-state index contributed by atoms with van der Waals surface area (Å²) in [4.78, 5) is 29.1. The Morgan fingerprint density at radius 2 is 1.87 bits per heavy atom. The highest BCUT2D eigenvalue weighted by atomic mass is 35.5. The molecule has 2 bridgehead atoms. The van der Waals surface area contributed by atoms with Crippen LogP contribution in [0.4, 0.5) is 0 Å². The Morgan fingerprint density at radius 3 is 2.59 bits per heavy atom. The summed E-state index contributed by atoms with van der Waals surface area (Å²) in [5.41, 5.74) is 2.18. The van der Waals surface area contributed by atoms with E-state index in [1.165, 1.54) is 19.3 Å². The number of hydrogen-bond acceptors (Lipinski definition) is 5. The molecule has 1 aliphatic heterocycles. The molecule has 2 aromatic rings. The first-order chi connectivity index (χ1) is 18.9. The van der Waals surface area contributed by atoms with Gasteiger partial charge in [0.05, 0.1) is 18.6 Å². The van der Waals surface area contributed by atoms with Crippen LogP contribution in [0.5, 0.6) is 5.75 Å². The third kappa shape index (κ3) is 5.08. The maximum Gasteiger partial charge on any atom is 0.247 e. The zero-order valence-corrected chi connectivity index (χ0v) is 22.6. The fourth-order valence-electron chi connectivity index (χ4n) is 7.31. The molecule has 2 saturated carbocycles. The van der Waals surface area contributed by atoms with Gasteiger partial charge < -0.3 is 25.2 Å². The van der Waals surface area contributed by atoms with E-state index in [9.17, 15) is 19.8 Å². The molecular formula is C31H35ClN2O5. The van der Waals surface area contributed by atoms with Gasteiger partial charge in [0, 0.05) is 35.7 Å². The second-order valence-electron chi connectivity index (χ2n) is 11.5. The van der Waals surface area contributed by atoms with E-state index in [0.29, 0.717) is 34.6 Å². The van der Waals surface area contributed by atoms with Crippen LogP contribution in [0.1, 0.15) is 49.1 Å². The number of halogens is 1. The number of amides is 2. The minimum atomic E-state index is -1.03. The number of fused-ring (bicyclic) bond motifs is 5. The van der Waals surface area contributed by atoms with Gasteiger partial charge in [-0.3, -0.25) is 9.59 Å². The summed E-state index contributed by atoms with van der Waals surface area (Å²) >= 11 is 6.12. The third-order valence-electron chi connectivity index (χ3n) is 9.14. The van der Waals surface area contributed by atoms with E-state index in [0.717, 1.165) is 23.5 Å². The number of rotatable bonds is 8. The molecule has 3 unspecified atom stereocenters. The summed E-state index contributed by atoms with van der Waals surface area (Å²) in [7, 11) is 0. The Labute approximate surface area is 233 Å². The van der Waals surface area contributed by atoms with Gasteiger partial charge in [-0.05, 0) is 66.9 Å². The fraction of sp³-hybridized carbons (Fsp3) is 0.484. The molecular weight excluding hydrogens is 516 g/mol. The van der Waals surface area contributed by atoms with Crippen molar-refractivity contribution in [2.45, 2.75) is 62.8 Å². The van der Waals surface area contributed by atoms with Crippen molar-refractivity contribution in [1.29, 1.82) is 0 Å². The molecule has 7 atom stereocenters. The molecule has 1 heterocycles. The summed E-state index contributed by atoms with van der Waals surface area (Å²) in [5, 5.41) is 24.4. The summed E-state index contributed by atoms with van der Waals surface area (Å²) < 4.78 is 6.23. The lowest BCUT2D eigenvalue weighted by Gasteiger charge is -2.41. The molecule has 7 nitrogen and oxygen atoms in total. The van der Waals surface area contributed by atoms with Gasteiger partial charge in [-0.2, -0.15) is 0 Å². The average Bonchev–Trinajstić information content (AvgIpc) is 3.67. The second-order valence-corrected chi connectivity index (χ2v) is 11.9. The molecule has 0 radical (unpaired) electrons. The van der Waals surface area contributed by atoms with Gasteiger partial charge in [-0.25, -0.2) is 0 Å². The Hall–Kier alpha value is -2.87. The second kappa shape index (κ2) is 11.0. The predicted octanol–water partition coefficient (Wildman–Crippen LogP) is 3.82. The first-order valence-electron chi connectivity index (χ1n) is 14.0. The number of aliphatic hydroxyl groups is 2. The van der Waals surface area contributed by atoms with Crippen molar-refractivity contribution in [2.24, 2.45) is 17.8 Å². The number of ether oxygens (including phenoxy) is 1. The van der Waals surface area contributed by atoms with Crippen LogP contribution >= 0.6 is 11.6 Å². The van der Waals surface area contributed by atoms with Crippen molar-refractivity contribution < 1.29 is 24.5 Å². The highest BCUT2D eigenvalue weighted by Crippen LogP contribution is 2.50. The Morgan fingerprint density at radius 1 is 1.08 bits per heavy atom. The maximum absolute atomic E-state index is 14.0. The van der Waals surface area contributed by atoms with Crippen LogP contribution in [0, 0.1) is 17.8 Å². The quantitative estimate of drug-likeness (QED) is 0.464. The monoisotopic (exact) mass is 550 g/mol. The summed E-state index contributed by atoms with van der Waals surface area (Å²) in [5.74, 6) is 1.50. The molecule has 0 saturated heterocycles. The number of nitrogens with one attached hydrogen (secondary N) is 1. The third-order valence-corrected chi connectivity index (χ3v) is 9.40. The zero-order chi connectivity index (χ0) is 27.1. The fourth-order valence-corrected chi connectivity index (χ4v) is 7.43. The standard InChI is InChI=1S/C31H35ClN2O5/c32-22-9-6-18(7-10-22)17-34(27(36)15-21-14-19-5-8-20(21)13-19)25-16-24(31(38)33-11-12-35)28-23-3-1-2-4-26(23)39-30(28)29(25)37/h1-4,6-7,9-10,16,19-21,25,28-30,35,37H,5,8,11-15,17H2,(H,33,38)/t19?,20?,21?,25-,28+,29+,30+/m1/s1. The number of aliphatic hydroxyl groups excluding tert-OH is 2. The first-order valence-corrected chi connectivity index (χ1v) is 14.4. The van der Waals surface area contributed by atoms with Gasteiger partial charge in [0.25, 0.3) is 0 Å². The highest BCUT2D eigenvalue weighted by Gasteiger charge is 2.51. The number of carbonyl (C=O) groups is 2. The summed E-state index contributed by atoms with van der Waals surface area (Å²) in [6.07, 6.45) is 5.20. The van der Waals surface area contributed by atoms with Crippen molar-refractivity contribution in [3.05, 3.63) is 76.3 Å². The van der Waals surface area contributed by atoms with Crippen molar-refractivity contribution in [2.75, 3.05) is 13.2 Å². The minimum Gasteiger partial charge on any atom is -0.486 e. The van der Waals surface area contributed by atoms with Crippen LogP contribution in [0.2, 0.25) is 5.02 Å². The predicted molar refractivity (Wildman–Crippen MR) is 147 cm³/mol. The van der Waals surface area contributed by atoms with Gasteiger partial charge in [-0.15, -0.1) is 0 Å². The number of para-hydroxylation sites is 1. The molecule has 2 aromatic carbocycles. The van der Waals surface area contributed by atoms with Gasteiger partial charge in [0.2, 0.25) is 11.8 Å². The van der Waals surface area contributed by atoms with E-state index in [-0.39, 0.29) is 31.5 Å². The van der Waals surface area contributed by atoms with Gasteiger partial charge in [0.15, 0.2) is 0 Å². The van der Waals surface area contributed by atoms with E-state index in [1.807, 2.05) is 36.4 Å². The molecule has 4 aliphatic rings. The molecule has 3 aliphatic carbocycles. The topological polar surface area (TPSA) is 99.1 Å². The lowest BCUT2D eigenvalue weighted by atomic mass is 9.77. The van der Waals surface area contributed by atoms with E-state index in [4.69, 9.17) is 16.3 Å². The molecule has 3 N–H and O–H groups in total. The largest absolute Gasteiger partial charge is 0.486 e. The lowest BCUT2D eigenvalue weighted by molar-refractivity contribution is -0.139. The van der Waals surface area contributed by atoms with E-state index >= 15 is 0 Å². The highest BCUT2D eigenvalue weighted by molar-refractivity contribution is 6.30. The SMILES string of the molecule is O=C(NCCO)C1=C[C@@H](N(Cc2ccc(Cl)cc2)C(=O)CC2CC3CCC2C3)[C@H](O)[C@H]2Oc3ccccc3[C@@H]12.